The van der Waals surface area contributed by atoms with Crippen LogP contribution in [0.5, 0.6) is 0 Å². The Bertz CT molecular complexity index is 1090. The summed E-state index contributed by atoms with van der Waals surface area (Å²) in [4.78, 5) is 31.0. The van der Waals surface area contributed by atoms with E-state index in [1.54, 1.807) is 23.0 Å². The van der Waals surface area contributed by atoms with Gasteiger partial charge in [0.25, 0.3) is 5.56 Å². The number of fused-ring (bicyclic) bond motifs is 1. The molecule has 1 fully saturated rings. The Morgan fingerprint density at radius 1 is 1.14 bits per heavy atom. The lowest BCUT2D eigenvalue weighted by Gasteiger charge is -2.17. The van der Waals surface area contributed by atoms with Crippen molar-refractivity contribution >= 4 is 11.2 Å². The van der Waals surface area contributed by atoms with Gasteiger partial charge in [0.1, 0.15) is 0 Å². The van der Waals surface area contributed by atoms with E-state index in [1.807, 2.05) is 22.8 Å². The Hall–Kier alpha value is -2.67. The molecule has 1 N–H and O–H groups in total. The third-order valence-corrected chi connectivity index (χ3v) is 5.93. The zero-order chi connectivity index (χ0) is 20.4. The lowest BCUT2D eigenvalue weighted by atomic mass is 10.1. The van der Waals surface area contributed by atoms with E-state index in [9.17, 15) is 14.7 Å². The monoisotopic (exact) mass is 396 g/mol. The highest BCUT2D eigenvalue weighted by Gasteiger charge is 2.24. The Morgan fingerprint density at radius 2 is 1.86 bits per heavy atom. The summed E-state index contributed by atoms with van der Waals surface area (Å²) in [5.74, 6) is 0. The third kappa shape index (κ3) is 3.67. The molecular formula is C22H28N4O3. The molecule has 1 aliphatic rings. The van der Waals surface area contributed by atoms with Crippen LogP contribution in [-0.4, -0.2) is 23.8 Å². The van der Waals surface area contributed by atoms with E-state index in [0.29, 0.717) is 23.3 Å². The van der Waals surface area contributed by atoms with Crippen LogP contribution < -0.4 is 11.2 Å². The highest BCUT2D eigenvalue weighted by atomic mass is 16.3. The van der Waals surface area contributed by atoms with Crippen LogP contribution in [0.4, 0.5) is 0 Å². The summed E-state index contributed by atoms with van der Waals surface area (Å²) in [7, 11) is 0. The maximum absolute atomic E-state index is 13.4. The van der Waals surface area contributed by atoms with E-state index in [2.05, 4.69) is 11.9 Å². The van der Waals surface area contributed by atoms with Crippen molar-refractivity contribution in [3.8, 4) is 0 Å². The second-order valence-corrected chi connectivity index (χ2v) is 7.89. The van der Waals surface area contributed by atoms with Crippen molar-refractivity contribution in [3.05, 3.63) is 63.1 Å². The van der Waals surface area contributed by atoms with Crippen molar-refractivity contribution in [1.82, 2.24) is 18.7 Å². The van der Waals surface area contributed by atoms with E-state index in [-0.39, 0.29) is 18.1 Å². The standard InChI is InChI=1S/C22H28N4O3/c1-2-3-13-24-20-19(26(15-23-20)17-11-7-8-12-17)21(28)25(22(24)29)14-18(27)16-9-5-4-6-10-16/h4-6,9-10,15,17-18,27H,2-3,7-8,11-14H2,1H3/t18-/m0/s1. The Labute approximate surface area is 169 Å². The quantitative estimate of drug-likeness (QED) is 0.666. The number of nitrogens with zero attached hydrogens (tertiary/aromatic N) is 4. The normalized spacial score (nSPS) is 15.9. The molecule has 7 nitrogen and oxygen atoms in total. The van der Waals surface area contributed by atoms with E-state index in [1.165, 1.54) is 4.57 Å². The van der Waals surface area contributed by atoms with Crippen LogP contribution >= 0.6 is 0 Å². The summed E-state index contributed by atoms with van der Waals surface area (Å²) in [5, 5.41) is 10.7. The Morgan fingerprint density at radius 3 is 2.55 bits per heavy atom. The molecule has 0 radical (unpaired) electrons. The summed E-state index contributed by atoms with van der Waals surface area (Å²) in [5.41, 5.74) is 0.863. The lowest BCUT2D eigenvalue weighted by Crippen LogP contribution is -2.42. The molecular weight excluding hydrogens is 368 g/mol. The van der Waals surface area contributed by atoms with Gasteiger partial charge in [-0.25, -0.2) is 9.78 Å². The Kier molecular flexibility index (Phi) is 5.67. The average molecular weight is 396 g/mol. The fourth-order valence-electron chi connectivity index (χ4n) is 4.30. The summed E-state index contributed by atoms with van der Waals surface area (Å²) in [6.07, 6.45) is 6.86. The topological polar surface area (TPSA) is 82.0 Å². The van der Waals surface area contributed by atoms with Crippen molar-refractivity contribution in [3.63, 3.8) is 0 Å². The highest BCUT2D eigenvalue weighted by Crippen LogP contribution is 2.31. The van der Waals surface area contributed by atoms with E-state index >= 15 is 0 Å². The first kappa shape index (κ1) is 19.6. The molecule has 1 atom stereocenters. The van der Waals surface area contributed by atoms with Crippen LogP contribution in [0, 0.1) is 0 Å². The number of unbranched alkanes of at least 4 members (excludes halogenated alkanes) is 1. The minimum absolute atomic E-state index is 0.0698. The van der Waals surface area contributed by atoms with Gasteiger partial charge in [0, 0.05) is 12.6 Å². The first-order valence-corrected chi connectivity index (χ1v) is 10.5. The molecule has 2 heterocycles. The van der Waals surface area contributed by atoms with Crippen LogP contribution in [-0.2, 0) is 13.1 Å². The van der Waals surface area contributed by atoms with Crippen molar-refractivity contribution in [2.45, 2.75) is 70.7 Å². The number of aromatic nitrogens is 4. The Balaban J connectivity index is 1.85. The molecule has 154 valence electrons. The predicted octanol–water partition coefficient (Wildman–Crippen LogP) is 3.01. The molecule has 2 aromatic heterocycles. The van der Waals surface area contributed by atoms with Gasteiger partial charge in [0.05, 0.1) is 19.0 Å². The third-order valence-electron chi connectivity index (χ3n) is 5.93. The van der Waals surface area contributed by atoms with Gasteiger partial charge in [-0.2, -0.15) is 0 Å². The zero-order valence-corrected chi connectivity index (χ0v) is 16.8. The number of aryl methyl sites for hydroxylation is 1. The first-order valence-electron chi connectivity index (χ1n) is 10.5. The number of aliphatic hydroxyl groups is 1. The number of hydrogen-bond acceptors (Lipinski definition) is 4. The van der Waals surface area contributed by atoms with Gasteiger partial charge in [-0.15, -0.1) is 0 Å². The number of aliphatic hydroxyl groups excluding tert-OH is 1. The van der Waals surface area contributed by atoms with Gasteiger partial charge in [0.2, 0.25) is 0 Å². The van der Waals surface area contributed by atoms with E-state index in [0.717, 1.165) is 38.5 Å². The average Bonchev–Trinajstić information content (AvgIpc) is 3.41. The van der Waals surface area contributed by atoms with Crippen LogP contribution in [0.2, 0.25) is 0 Å². The highest BCUT2D eigenvalue weighted by molar-refractivity contribution is 5.70. The molecule has 29 heavy (non-hydrogen) atoms. The SMILES string of the molecule is CCCCn1c(=O)n(C[C@H](O)c2ccccc2)c(=O)c2c1ncn2C1CCCC1. The maximum atomic E-state index is 13.4. The minimum atomic E-state index is -0.929. The van der Waals surface area contributed by atoms with Crippen LogP contribution in [0.3, 0.4) is 0 Å². The molecule has 7 heteroatoms. The van der Waals surface area contributed by atoms with Crippen molar-refractivity contribution < 1.29 is 5.11 Å². The second-order valence-electron chi connectivity index (χ2n) is 7.89. The fraction of sp³-hybridized carbons (Fsp3) is 0.500. The first-order chi connectivity index (χ1) is 14.1. The molecule has 0 bridgehead atoms. The molecule has 0 aliphatic heterocycles. The van der Waals surface area contributed by atoms with Gasteiger partial charge in [-0.3, -0.25) is 13.9 Å². The second kappa shape index (κ2) is 8.37. The van der Waals surface area contributed by atoms with E-state index < -0.39 is 11.8 Å². The molecule has 1 saturated carbocycles. The van der Waals surface area contributed by atoms with Gasteiger partial charge in [0.15, 0.2) is 11.2 Å². The summed E-state index contributed by atoms with van der Waals surface area (Å²) in [6, 6.07) is 9.38. The van der Waals surface area contributed by atoms with Gasteiger partial charge >= 0.3 is 5.69 Å². The molecule has 1 aromatic carbocycles. The van der Waals surface area contributed by atoms with Crippen LogP contribution in [0.15, 0.2) is 46.2 Å². The lowest BCUT2D eigenvalue weighted by molar-refractivity contribution is 0.152. The van der Waals surface area contributed by atoms with Crippen molar-refractivity contribution in [2.24, 2.45) is 0 Å². The maximum Gasteiger partial charge on any atom is 0.332 e. The fourth-order valence-corrected chi connectivity index (χ4v) is 4.30. The minimum Gasteiger partial charge on any atom is -0.387 e. The summed E-state index contributed by atoms with van der Waals surface area (Å²) < 4.78 is 4.74. The van der Waals surface area contributed by atoms with Crippen LogP contribution in [0.1, 0.15) is 63.2 Å². The predicted molar refractivity (Wildman–Crippen MR) is 112 cm³/mol. The number of rotatable bonds is 7. The molecule has 1 aliphatic carbocycles. The van der Waals surface area contributed by atoms with Crippen molar-refractivity contribution in [2.75, 3.05) is 0 Å². The van der Waals surface area contributed by atoms with Gasteiger partial charge in [-0.1, -0.05) is 56.5 Å². The van der Waals surface area contributed by atoms with Gasteiger partial charge < -0.3 is 9.67 Å². The molecule has 0 saturated heterocycles. The summed E-state index contributed by atoms with van der Waals surface area (Å²) in [6.45, 7) is 2.50. The van der Waals surface area contributed by atoms with Gasteiger partial charge in [-0.05, 0) is 24.8 Å². The molecule has 3 aromatic rings. The smallest absolute Gasteiger partial charge is 0.332 e. The molecule has 0 unspecified atom stereocenters. The van der Waals surface area contributed by atoms with E-state index in [4.69, 9.17) is 0 Å². The zero-order valence-electron chi connectivity index (χ0n) is 16.8. The van der Waals surface area contributed by atoms with Crippen LogP contribution in [0.25, 0.3) is 11.2 Å². The largest absolute Gasteiger partial charge is 0.387 e. The number of imidazole rings is 1. The molecule has 4 rings (SSSR count). The summed E-state index contributed by atoms with van der Waals surface area (Å²) >= 11 is 0. The van der Waals surface area contributed by atoms with Crippen molar-refractivity contribution in [1.29, 1.82) is 0 Å². The molecule has 0 spiro atoms. The number of benzene rings is 1. The molecule has 0 amide bonds. The number of hydrogen-bond donors (Lipinski definition) is 1.